The molecule has 1 N–H and O–H groups in total. The number of halogens is 6. The van der Waals surface area contributed by atoms with Crippen LogP contribution in [0.4, 0.5) is 37.7 Å². The van der Waals surface area contributed by atoms with Crippen LogP contribution in [0.15, 0.2) is 59.8 Å². The first kappa shape index (κ1) is 27.7. The summed E-state index contributed by atoms with van der Waals surface area (Å²) in [6.07, 6.45) is -9.49. The van der Waals surface area contributed by atoms with E-state index >= 15 is 0 Å². The van der Waals surface area contributed by atoms with Crippen LogP contribution in [0.25, 0.3) is 11.3 Å². The molecule has 0 saturated carbocycles. The third kappa shape index (κ3) is 8.06. The molecule has 0 aliphatic rings. The van der Waals surface area contributed by atoms with Gasteiger partial charge in [0.1, 0.15) is 11.4 Å². The van der Waals surface area contributed by atoms with Gasteiger partial charge >= 0.3 is 12.4 Å². The van der Waals surface area contributed by atoms with Crippen LogP contribution in [-0.2, 0) is 11.0 Å². The van der Waals surface area contributed by atoms with Gasteiger partial charge in [0.15, 0.2) is 11.8 Å². The van der Waals surface area contributed by atoms with Crippen LogP contribution in [0.2, 0.25) is 0 Å². The highest BCUT2D eigenvalue weighted by Crippen LogP contribution is 2.33. The zero-order valence-electron chi connectivity index (χ0n) is 18.6. The van der Waals surface area contributed by atoms with Crippen molar-refractivity contribution in [3.63, 3.8) is 0 Å². The molecule has 15 heteroatoms. The average Bonchev–Trinajstić information content (AvgIpc) is 2.82. The molecular formula is C22H16F6N4O4S. The summed E-state index contributed by atoms with van der Waals surface area (Å²) in [5.41, 5.74) is -1.76. The summed E-state index contributed by atoms with van der Waals surface area (Å²) in [7, 11) is 0. The van der Waals surface area contributed by atoms with Gasteiger partial charge in [0.2, 0.25) is 5.91 Å². The highest BCUT2D eigenvalue weighted by molar-refractivity contribution is 8.00. The smallest absolute Gasteiger partial charge is 0.433 e. The standard InChI is InChI=1S/C22H16F6N4O4S/c1-12(19(33)29-14-7-15(32(34)35)9-16(8-14)36-11-21(23,24)25)37-20-30-17(13-5-3-2-4-6-13)10-18(31-20)22(26,27)28/h2-10,12H,11H2,1H3,(H,29,33)/t12-/m1/s1. The number of nitro groups is 1. The minimum absolute atomic E-state index is 0.0248. The number of anilines is 1. The molecular weight excluding hydrogens is 530 g/mol. The van der Waals surface area contributed by atoms with Crippen LogP contribution in [0.5, 0.6) is 5.75 Å². The van der Waals surface area contributed by atoms with E-state index in [0.29, 0.717) is 17.3 Å². The van der Waals surface area contributed by atoms with Gasteiger partial charge in [-0.25, -0.2) is 9.97 Å². The van der Waals surface area contributed by atoms with Crippen molar-refractivity contribution in [2.75, 3.05) is 11.9 Å². The van der Waals surface area contributed by atoms with E-state index in [-0.39, 0.29) is 16.5 Å². The average molecular weight is 546 g/mol. The number of hydrogen-bond donors (Lipinski definition) is 1. The SMILES string of the molecule is C[C@@H](Sc1nc(-c2ccccc2)cc(C(F)(F)F)n1)C(=O)Nc1cc(OCC(F)(F)F)cc([N+](=O)[O-])c1. The minimum Gasteiger partial charge on any atom is -0.484 e. The van der Waals surface area contributed by atoms with Crippen LogP contribution in [0.1, 0.15) is 12.6 Å². The number of rotatable bonds is 8. The highest BCUT2D eigenvalue weighted by atomic mass is 32.2. The molecule has 1 aromatic heterocycles. The van der Waals surface area contributed by atoms with Gasteiger partial charge in [0.05, 0.1) is 27.6 Å². The van der Waals surface area contributed by atoms with Crippen LogP contribution in [0, 0.1) is 10.1 Å². The zero-order valence-corrected chi connectivity index (χ0v) is 19.4. The molecule has 8 nitrogen and oxygen atoms in total. The van der Waals surface area contributed by atoms with E-state index in [1.807, 2.05) is 0 Å². The van der Waals surface area contributed by atoms with Gasteiger partial charge in [-0.3, -0.25) is 14.9 Å². The maximum Gasteiger partial charge on any atom is 0.433 e. The molecule has 0 saturated heterocycles. The van der Waals surface area contributed by atoms with Crippen molar-refractivity contribution in [3.05, 3.63) is 70.4 Å². The van der Waals surface area contributed by atoms with Crippen LogP contribution in [0.3, 0.4) is 0 Å². The van der Waals surface area contributed by atoms with E-state index in [0.717, 1.165) is 24.3 Å². The molecule has 0 aliphatic carbocycles. The predicted molar refractivity (Wildman–Crippen MR) is 121 cm³/mol. The van der Waals surface area contributed by atoms with Gasteiger partial charge in [-0.15, -0.1) is 0 Å². The van der Waals surface area contributed by atoms with Crippen LogP contribution < -0.4 is 10.1 Å². The van der Waals surface area contributed by atoms with E-state index in [1.165, 1.54) is 6.92 Å². The van der Waals surface area contributed by atoms with Crippen molar-refractivity contribution in [2.45, 2.75) is 29.7 Å². The van der Waals surface area contributed by atoms with Gasteiger partial charge in [0, 0.05) is 17.7 Å². The quantitative estimate of drug-likeness (QED) is 0.119. The van der Waals surface area contributed by atoms with Crippen molar-refractivity contribution in [3.8, 4) is 17.0 Å². The fraction of sp³-hybridized carbons (Fsp3) is 0.227. The Hall–Kier alpha value is -3.88. The third-order valence-electron chi connectivity index (χ3n) is 4.49. The van der Waals surface area contributed by atoms with Gasteiger partial charge < -0.3 is 10.1 Å². The molecule has 0 fully saturated rings. The Morgan fingerprint density at radius 1 is 1.08 bits per heavy atom. The number of nitrogens with one attached hydrogen (secondary N) is 1. The number of carbonyl (C=O) groups is 1. The summed E-state index contributed by atoms with van der Waals surface area (Å²) in [4.78, 5) is 30.5. The van der Waals surface area contributed by atoms with Gasteiger partial charge in [0.25, 0.3) is 5.69 Å². The van der Waals surface area contributed by atoms with Crippen molar-refractivity contribution in [1.82, 2.24) is 9.97 Å². The Morgan fingerprint density at radius 3 is 2.35 bits per heavy atom. The first-order valence-corrected chi connectivity index (χ1v) is 11.1. The lowest BCUT2D eigenvalue weighted by molar-refractivity contribution is -0.384. The first-order valence-electron chi connectivity index (χ1n) is 10.2. The molecule has 196 valence electrons. The summed E-state index contributed by atoms with van der Waals surface area (Å²) < 4.78 is 82.1. The van der Waals surface area contributed by atoms with E-state index in [4.69, 9.17) is 0 Å². The predicted octanol–water partition coefficient (Wildman–Crippen LogP) is 6.13. The topological polar surface area (TPSA) is 107 Å². The second-order valence-electron chi connectivity index (χ2n) is 7.41. The molecule has 1 atom stereocenters. The lowest BCUT2D eigenvalue weighted by atomic mass is 10.1. The number of benzene rings is 2. The van der Waals surface area contributed by atoms with Crippen LogP contribution in [-0.4, -0.2) is 38.8 Å². The molecule has 0 spiro atoms. The van der Waals surface area contributed by atoms with Gasteiger partial charge in [-0.05, 0) is 13.0 Å². The first-order chi connectivity index (χ1) is 17.2. The maximum atomic E-state index is 13.4. The summed E-state index contributed by atoms with van der Waals surface area (Å²) in [5.74, 6) is -1.34. The van der Waals surface area contributed by atoms with Crippen molar-refractivity contribution in [1.29, 1.82) is 0 Å². The Kier molecular flexibility index (Phi) is 8.25. The Balaban J connectivity index is 1.82. The van der Waals surface area contributed by atoms with Gasteiger partial charge in [-0.1, -0.05) is 42.1 Å². The summed E-state index contributed by atoms with van der Waals surface area (Å²) in [5, 5.41) is 12.0. The largest absolute Gasteiger partial charge is 0.484 e. The highest BCUT2D eigenvalue weighted by Gasteiger charge is 2.34. The summed E-state index contributed by atoms with van der Waals surface area (Å²) in [6.45, 7) is -0.394. The van der Waals surface area contributed by atoms with E-state index < -0.39 is 52.2 Å². The van der Waals surface area contributed by atoms with Crippen molar-refractivity contribution in [2.24, 2.45) is 0 Å². The second kappa shape index (κ2) is 11.0. The molecule has 1 amide bonds. The normalized spacial score (nSPS) is 12.6. The number of carbonyl (C=O) groups excluding carboxylic acids is 1. The number of hydrogen-bond acceptors (Lipinski definition) is 7. The fourth-order valence-electron chi connectivity index (χ4n) is 2.84. The Bertz CT molecular complexity index is 1290. The Morgan fingerprint density at radius 2 is 1.76 bits per heavy atom. The van der Waals surface area contributed by atoms with E-state index in [2.05, 4.69) is 20.0 Å². The third-order valence-corrected chi connectivity index (χ3v) is 5.45. The number of thioether (sulfide) groups is 1. The van der Waals surface area contributed by atoms with Crippen molar-refractivity contribution >= 4 is 29.0 Å². The molecule has 0 aliphatic heterocycles. The molecule has 0 bridgehead atoms. The summed E-state index contributed by atoms with van der Waals surface area (Å²) >= 11 is 0.590. The number of ether oxygens (including phenoxy) is 1. The molecule has 0 unspecified atom stereocenters. The monoisotopic (exact) mass is 546 g/mol. The van der Waals surface area contributed by atoms with Crippen LogP contribution >= 0.6 is 11.8 Å². The lowest BCUT2D eigenvalue weighted by Gasteiger charge is -2.15. The molecule has 3 aromatic rings. The maximum absolute atomic E-state index is 13.4. The zero-order chi connectivity index (χ0) is 27.4. The molecule has 37 heavy (non-hydrogen) atoms. The number of nitrogens with zero attached hydrogens (tertiary/aromatic N) is 3. The van der Waals surface area contributed by atoms with E-state index in [9.17, 15) is 41.3 Å². The summed E-state index contributed by atoms with van der Waals surface area (Å²) in [6, 6.07) is 11.4. The number of aromatic nitrogens is 2. The number of nitro benzene ring substituents is 1. The number of amides is 1. The fourth-order valence-corrected chi connectivity index (χ4v) is 3.63. The number of alkyl halides is 6. The van der Waals surface area contributed by atoms with E-state index in [1.54, 1.807) is 30.3 Å². The molecule has 2 aromatic carbocycles. The Labute approximate surface area is 209 Å². The lowest BCUT2D eigenvalue weighted by Crippen LogP contribution is -2.23. The second-order valence-corrected chi connectivity index (χ2v) is 8.72. The molecule has 1 heterocycles. The molecule has 3 rings (SSSR count). The molecule has 0 radical (unpaired) electrons. The van der Waals surface area contributed by atoms with Crippen molar-refractivity contribution < 1.29 is 40.8 Å². The van der Waals surface area contributed by atoms with Gasteiger partial charge in [-0.2, -0.15) is 26.3 Å². The number of non-ortho nitro benzene ring substituents is 1. The minimum atomic E-state index is -4.79.